The third-order valence-corrected chi connectivity index (χ3v) is 4.23. The number of hydrogen-bond acceptors (Lipinski definition) is 6. The number of urea groups is 1. The van der Waals surface area contributed by atoms with E-state index in [0.29, 0.717) is 16.9 Å². The van der Waals surface area contributed by atoms with Gasteiger partial charge < -0.3 is 18.9 Å². The van der Waals surface area contributed by atoms with Crippen molar-refractivity contribution >= 4 is 28.9 Å². The first-order valence-corrected chi connectivity index (χ1v) is 8.65. The van der Waals surface area contributed by atoms with Gasteiger partial charge in [-0.15, -0.1) is 0 Å². The van der Waals surface area contributed by atoms with E-state index in [1.54, 1.807) is 12.1 Å². The number of fused-ring (bicyclic) bond motifs is 1. The molecular weight excluding hydrogens is 364 g/mol. The van der Waals surface area contributed by atoms with Crippen LogP contribution in [0.25, 0.3) is 11.0 Å². The van der Waals surface area contributed by atoms with Crippen molar-refractivity contribution in [3.63, 3.8) is 0 Å². The molecule has 28 heavy (non-hydrogen) atoms. The van der Waals surface area contributed by atoms with Gasteiger partial charge in [-0.3, -0.25) is 14.9 Å². The number of benzene rings is 1. The summed E-state index contributed by atoms with van der Waals surface area (Å²) in [7, 11) is 0. The number of imide groups is 1. The van der Waals surface area contributed by atoms with E-state index in [0.717, 1.165) is 16.5 Å². The second-order valence-electron chi connectivity index (χ2n) is 6.34. The molecule has 0 unspecified atom stereocenters. The lowest BCUT2D eigenvalue weighted by atomic mass is 10.0. The first-order valence-electron chi connectivity index (χ1n) is 8.65. The van der Waals surface area contributed by atoms with Gasteiger partial charge in [0.2, 0.25) is 0 Å². The second kappa shape index (κ2) is 8.43. The van der Waals surface area contributed by atoms with E-state index < -0.39 is 24.5 Å². The minimum atomic E-state index is -0.728. The molecule has 0 aliphatic carbocycles. The number of carbonyl (C=O) groups excluding carboxylic acids is 3. The molecule has 3 aromatic rings. The van der Waals surface area contributed by atoms with E-state index in [1.807, 2.05) is 26.0 Å². The minimum absolute atomic E-state index is 0.0343. The zero-order chi connectivity index (χ0) is 20.1. The summed E-state index contributed by atoms with van der Waals surface area (Å²) in [5.41, 5.74) is 3.55. The summed E-state index contributed by atoms with van der Waals surface area (Å²) in [5, 5.41) is 5.36. The van der Waals surface area contributed by atoms with Gasteiger partial charge in [-0.1, -0.05) is 0 Å². The van der Waals surface area contributed by atoms with Crippen LogP contribution in [0.3, 0.4) is 0 Å². The normalized spacial score (nSPS) is 10.6. The van der Waals surface area contributed by atoms with Crippen LogP contribution in [0.1, 0.15) is 22.5 Å². The lowest BCUT2D eigenvalue weighted by Crippen LogP contribution is -2.41. The Morgan fingerprint density at radius 1 is 1.11 bits per heavy atom. The summed E-state index contributed by atoms with van der Waals surface area (Å²) < 4.78 is 15.5. The van der Waals surface area contributed by atoms with E-state index in [2.05, 4.69) is 10.6 Å². The third kappa shape index (κ3) is 4.79. The molecule has 0 atom stereocenters. The molecule has 0 aliphatic rings. The Kier molecular flexibility index (Phi) is 5.78. The molecule has 0 aliphatic heterocycles. The molecule has 0 saturated carbocycles. The Hall–Kier alpha value is -3.55. The molecule has 0 bridgehead atoms. The number of furan rings is 2. The standard InChI is InChI=1S/C20H20N2O6/c1-12-6-16-14(10-27-17(16)7-13(12)2)8-19(24)28-11-18(23)22-20(25)21-9-15-4-3-5-26-15/h3-7,10H,8-9,11H2,1-2H3,(H2,21,22,23,25). The molecule has 2 aromatic heterocycles. The second-order valence-corrected chi connectivity index (χ2v) is 6.34. The van der Waals surface area contributed by atoms with Gasteiger partial charge in [0, 0.05) is 10.9 Å². The summed E-state index contributed by atoms with van der Waals surface area (Å²) in [6.45, 7) is 3.54. The lowest BCUT2D eigenvalue weighted by Gasteiger charge is -2.06. The molecule has 146 valence electrons. The topological polar surface area (TPSA) is 111 Å². The summed E-state index contributed by atoms with van der Waals surface area (Å²) in [6, 6.07) is 6.53. The van der Waals surface area contributed by atoms with Gasteiger partial charge in [-0.05, 0) is 49.2 Å². The number of esters is 1. The maximum Gasteiger partial charge on any atom is 0.321 e. The predicted molar refractivity (Wildman–Crippen MR) is 99.4 cm³/mol. The largest absolute Gasteiger partial charge is 0.467 e. The quantitative estimate of drug-likeness (QED) is 0.632. The van der Waals surface area contributed by atoms with Crippen molar-refractivity contribution in [2.24, 2.45) is 0 Å². The summed E-state index contributed by atoms with van der Waals surface area (Å²) >= 11 is 0. The van der Waals surface area contributed by atoms with Gasteiger partial charge in [0.1, 0.15) is 11.3 Å². The van der Waals surface area contributed by atoms with Crippen molar-refractivity contribution < 1.29 is 28.0 Å². The number of ether oxygens (including phenoxy) is 1. The minimum Gasteiger partial charge on any atom is -0.467 e. The molecule has 3 amide bonds. The van der Waals surface area contributed by atoms with Crippen molar-refractivity contribution in [1.29, 1.82) is 0 Å². The number of carbonyl (C=O) groups is 3. The highest BCUT2D eigenvalue weighted by Gasteiger charge is 2.15. The zero-order valence-electron chi connectivity index (χ0n) is 15.5. The maximum atomic E-state index is 12.0. The van der Waals surface area contributed by atoms with Crippen LogP contribution in [0.15, 0.2) is 45.6 Å². The van der Waals surface area contributed by atoms with Gasteiger partial charge in [-0.2, -0.15) is 0 Å². The molecule has 1 aromatic carbocycles. The molecule has 2 heterocycles. The summed E-state index contributed by atoms with van der Waals surface area (Å²) in [5.74, 6) is -0.771. The van der Waals surface area contributed by atoms with E-state index in [4.69, 9.17) is 13.6 Å². The third-order valence-electron chi connectivity index (χ3n) is 4.23. The van der Waals surface area contributed by atoms with Crippen LogP contribution in [0.4, 0.5) is 4.79 Å². The number of hydrogen-bond donors (Lipinski definition) is 2. The van der Waals surface area contributed by atoms with Gasteiger partial charge in [0.15, 0.2) is 6.61 Å². The molecule has 3 rings (SSSR count). The Bertz CT molecular complexity index is 1000. The highest BCUT2D eigenvalue weighted by atomic mass is 16.5. The fraction of sp³-hybridized carbons (Fsp3) is 0.250. The Balaban J connectivity index is 1.45. The van der Waals surface area contributed by atoms with E-state index >= 15 is 0 Å². The van der Waals surface area contributed by atoms with Crippen molar-refractivity contribution in [2.75, 3.05) is 6.61 Å². The molecule has 0 spiro atoms. The van der Waals surface area contributed by atoms with Crippen LogP contribution in [0.5, 0.6) is 0 Å². The molecule has 8 heteroatoms. The van der Waals surface area contributed by atoms with Gasteiger partial charge in [0.25, 0.3) is 5.91 Å². The van der Waals surface area contributed by atoms with Crippen LogP contribution in [0, 0.1) is 13.8 Å². The lowest BCUT2D eigenvalue weighted by molar-refractivity contribution is -0.147. The number of aryl methyl sites for hydroxylation is 2. The number of nitrogens with one attached hydrogen (secondary N) is 2. The van der Waals surface area contributed by atoms with Crippen LogP contribution in [-0.2, 0) is 27.3 Å². The number of amides is 3. The van der Waals surface area contributed by atoms with E-state index in [-0.39, 0.29) is 13.0 Å². The van der Waals surface area contributed by atoms with Gasteiger partial charge >= 0.3 is 12.0 Å². The predicted octanol–water partition coefficient (Wildman–Crippen LogP) is 2.75. The Morgan fingerprint density at radius 3 is 2.64 bits per heavy atom. The van der Waals surface area contributed by atoms with Crippen LogP contribution in [-0.4, -0.2) is 24.5 Å². The Labute approximate surface area is 160 Å². The van der Waals surface area contributed by atoms with Crippen molar-refractivity contribution in [3.05, 3.63) is 59.2 Å². The van der Waals surface area contributed by atoms with Gasteiger partial charge in [-0.25, -0.2) is 4.79 Å². The van der Waals surface area contributed by atoms with Gasteiger partial charge in [0.05, 0.1) is 25.5 Å². The fourth-order valence-electron chi connectivity index (χ4n) is 2.61. The van der Waals surface area contributed by atoms with Crippen molar-refractivity contribution in [1.82, 2.24) is 10.6 Å². The van der Waals surface area contributed by atoms with E-state index in [9.17, 15) is 14.4 Å². The SMILES string of the molecule is Cc1cc2occ(CC(=O)OCC(=O)NC(=O)NCc3ccco3)c2cc1C. The first-order chi connectivity index (χ1) is 13.4. The summed E-state index contributed by atoms with van der Waals surface area (Å²) in [4.78, 5) is 35.4. The average molecular weight is 384 g/mol. The average Bonchev–Trinajstić information content (AvgIpc) is 3.30. The van der Waals surface area contributed by atoms with Crippen LogP contribution in [0.2, 0.25) is 0 Å². The van der Waals surface area contributed by atoms with Crippen molar-refractivity contribution in [3.8, 4) is 0 Å². The molecule has 8 nitrogen and oxygen atoms in total. The highest BCUT2D eigenvalue weighted by Crippen LogP contribution is 2.25. The van der Waals surface area contributed by atoms with Crippen LogP contribution < -0.4 is 10.6 Å². The fourth-order valence-corrected chi connectivity index (χ4v) is 2.61. The zero-order valence-corrected chi connectivity index (χ0v) is 15.5. The number of rotatable bonds is 6. The first kappa shape index (κ1) is 19.2. The monoisotopic (exact) mass is 384 g/mol. The molecular formula is C20H20N2O6. The van der Waals surface area contributed by atoms with Crippen molar-refractivity contribution in [2.45, 2.75) is 26.8 Å². The molecule has 0 radical (unpaired) electrons. The highest BCUT2D eigenvalue weighted by molar-refractivity contribution is 5.95. The smallest absolute Gasteiger partial charge is 0.321 e. The molecule has 2 N–H and O–H groups in total. The van der Waals surface area contributed by atoms with Crippen LogP contribution >= 0.6 is 0 Å². The molecule has 0 fully saturated rings. The maximum absolute atomic E-state index is 12.0. The Morgan fingerprint density at radius 2 is 1.89 bits per heavy atom. The summed E-state index contributed by atoms with van der Waals surface area (Å²) in [6.07, 6.45) is 2.95. The molecule has 0 saturated heterocycles. The van der Waals surface area contributed by atoms with E-state index in [1.165, 1.54) is 12.5 Å².